The highest BCUT2D eigenvalue weighted by Crippen LogP contribution is 2.24. The summed E-state index contributed by atoms with van der Waals surface area (Å²) in [7, 11) is 0. The van der Waals surface area contributed by atoms with Gasteiger partial charge in [-0.15, -0.1) is 0 Å². The van der Waals surface area contributed by atoms with Crippen LogP contribution in [0.5, 0.6) is 0 Å². The normalized spacial score (nSPS) is 16.3. The minimum absolute atomic E-state index is 0.299. The number of carbonyl (C=O) groups is 1. The monoisotopic (exact) mass is 292 g/mol. The lowest BCUT2D eigenvalue weighted by Gasteiger charge is -2.32. The Morgan fingerprint density at radius 2 is 2.14 bits per heavy atom. The number of amides is 1. The molecule has 0 saturated carbocycles. The molecule has 9 heteroatoms. The molecule has 0 bridgehead atoms. The Morgan fingerprint density at radius 3 is 2.86 bits per heavy atom. The van der Waals surface area contributed by atoms with E-state index in [9.17, 15) is 9.59 Å². The molecular weight excluding hydrogens is 276 g/mol. The van der Waals surface area contributed by atoms with Crippen LogP contribution in [0, 0.1) is 5.92 Å². The van der Waals surface area contributed by atoms with Crippen molar-refractivity contribution in [3.8, 4) is 0 Å². The Balaban J connectivity index is 1.71. The zero-order valence-electron chi connectivity index (χ0n) is 11.3. The lowest BCUT2D eigenvalue weighted by molar-refractivity contribution is 0.191. The number of H-pyrrole nitrogens is 2. The third kappa shape index (κ3) is 2.81. The molecule has 4 N–H and O–H groups in total. The van der Waals surface area contributed by atoms with Gasteiger partial charge in [0.05, 0.1) is 0 Å². The second kappa shape index (κ2) is 5.43. The molecule has 0 spiro atoms. The van der Waals surface area contributed by atoms with Gasteiger partial charge in [-0.3, -0.25) is 4.98 Å². The molecule has 1 aliphatic rings. The van der Waals surface area contributed by atoms with Crippen LogP contribution in [-0.2, 0) is 0 Å². The molecule has 21 heavy (non-hydrogen) atoms. The van der Waals surface area contributed by atoms with Crippen LogP contribution in [0.25, 0.3) is 11.2 Å². The van der Waals surface area contributed by atoms with Crippen LogP contribution in [-0.4, -0.2) is 50.8 Å². The van der Waals surface area contributed by atoms with Gasteiger partial charge in [-0.05, 0) is 18.8 Å². The Bertz CT molecular complexity index is 700. The summed E-state index contributed by atoms with van der Waals surface area (Å²) in [6.45, 7) is 2.01. The molecule has 112 valence electrons. The average Bonchev–Trinajstić information content (AvgIpc) is 2.85. The predicted molar refractivity (Wildman–Crippen MR) is 75.5 cm³/mol. The van der Waals surface area contributed by atoms with Gasteiger partial charge in [0, 0.05) is 19.6 Å². The highest BCUT2D eigenvalue weighted by molar-refractivity contribution is 5.82. The van der Waals surface area contributed by atoms with Gasteiger partial charge >= 0.3 is 11.8 Å². The summed E-state index contributed by atoms with van der Waals surface area (Å²) in [4.78, 5) is 37.6. The first kappa shape index (κ1) is 13.4. The fourth-order valence-corrected chi connectivity index (χ4v) is 2.66. The maximum atomic E-state index is 11.4. The standard InChI is InChI=1S/C12H16N6O3/c19-11-16-8-9(17-11)14-6-15-10(8)18-3-1-7(2-4-18)5-13-12(20)21/h6-7,13H,1-5H2,(H,20,21)(H2,14,15,16,17,19). The Labute approximate surface area is 119 Å². The first-order valence-corrected chi connectivity index (χ1v) is 6.78. The van der Waals surface area contributed by atoms with Gasteiger partial charge in [-0.2, -0.15) is 0 Å². The van der Waals surface area contributed by atoms with Crippen LogP contribution < -0.4 is 15.9 Å². The smallest absolute Gasteiger partial charge is 0.404 e. The van der Waals surface area contributed by atoms with Gasteiger partial charge in [0.2, 0.25) is 0 Å². The molecule has 0 aromatic carbocycles. The van der Waals surface area contributed by atoms with Crippen molar-refractivity contribution in [2.45, 2.75) is 12.8 Å². The third-order valence-electron chi connectivity index (χ3n) is 3.75. The summed E-state index contributed by atoms with van der Waals surface area (Å²) in [5, 5.41) is 11.0. The van der Waals surface area contributed by atoms with Crippen LogP contribution in [0.3, 0.4) is 0 Å². The van der Waals surface area contributed by atoms with Gasteiger partial charge in [-0.1, -0.05) is 0 Å². The minimum Gasteiger partial charge on any atom is -0.465 e. The molecule has 0 aliphatic carbocycles. The van der Waals surface area contributed by atoms with Crippen molar-refractivity contribution >= 4 is 23.1 Å². The maximum Gasteiger partial charge on any atom is 0.404 e. The van der Waals surface area contributed by atoms with Crippen molar-refractivity contribution < 1.29 is 9.90 Å². The molecular formula is C12H16N6O3. The number of anilines is 1. The lowest BCUT2D eigenvalue weighted by Crippen LogP contribution is -2.38. The highest BCUT2D eigenvalue weighted by atomic mass is 16.4. The van der Waals surface area contributed by atoms with E-state index in [2.05, 4.69) is 30.2 Å². The number of hydrogen-bond donors (Lipinski definition) is 4. The Morgan fingerprint density at radius 1 is 1.38 bits per heavy atom. The topological polar surface area (TPSA) is 127 Å². The number of fused-ring (bicyclic) bond motifs is 1. The number of carboxylic acid groups (broad SMARTS) is 1. The van der Waals surface area contributed by atoms with E-state index in [1.807, 2.05) is 0 Å². The van der Waals surface area contributed by atoms with E-state index in [4.69, 9.17) is 5.11 Å². The van der Waals surface area contributed by atoms with Crippen LogP contribution in [0.4, 0.5) is 10.6 Å². The number of aromatic nitrogens is 4. The van der Waals surface area contributed by atoms with Gasteiger partial charge in [-0.25, -0.2) is 19.6 Å². The summed E-state index contributed by atoms with van der Waals surface area (Å²) in [5.74, 6) is 1.04. The van der Waals surface area contributed by atoms with Crippen molar-refractivity contribution in [3.63, 3.8) is 0 Å². The molecule has 0 unspecified atom stereocenters. The van der Waals surface area contributed by atoms with Crippen molar-refractivity contribution in [1.82, 2.24) is 25.3 Å². The van der Waals surface area contributed by atoms with Crippen LogP contribution in [0.1, 0.15) is 12.8 Å². The SMILES string of the molecule is O=C(O)NCC1CCN(c2ncnc3[nH]c(=O)[nH]c23)CC1. The summed E-state index contributed by atoms with van der Waals surface area (Å²) in [5.41, 5.74) is 0.816. The van der Waals surface area contributed by atoms with E-state index < -0.39 is 6.09 Å². The zero-order chi connectivity index (χ0) is 14.8. The van der Waals surface area contributed by atoms with Crippen LogP contribution in [0.15, 0.2) is 11.1 Å². The molecule has 3 rings (SSSR count). The number of rotatable bonds is 3. The van der Waals surface area contributed by atoms with Gasteiger partial charge in [0.25, 0.3) is 0 Å². The molecule has 1 fully saturated rings. The van der Waals surface area contributed by atoms with E-state index in [0.717, 1.165) is 25.9 Å². The molecule has 0 radical (unpaired) electrons. The van der Waals surface area contributed by atoms with Crippen molar-refractivity contribution in [1.29, 1.82) is 0 Å². The molecule has 2 aromatic rings. The molecule has 9 nitrogen and oxygen atoms in total. The van der Waals surface area contributed by atoms with Crippen LogP contribution >= 0.6 is 0 Å². The van der Waals surface area contributed by atoms with E-state index in [1.54, 1.807) is 0 Å². The number of piperidine rings is 1. The predicted octanol–water partition coefficient (Wildman–Crippen LogP) is 0.130. The molecule has 1 amide bonds. The molecule has 2 aromatic heterocycles. The number of nitrogens with one attached hydrogen (secondary N) is 3. The first-order chi connectivity index (χ1) is 10.1. The van der Waals surface area contributed by atoms with E-state index in [-0.39, 0.29) is 5.69 Å². The average molecular weight is 292 g/mol. The largest absolute Gasteiger partial charge is 0.465 e. The summed E-state index contributed by atoms with van der Waals surface area (Å²) in [6.07, 6.45) is 2.19. The van der Waals surface area contributed by atoms with E-state index in [1.165, 1.54) is 6.33 Å². The second-order valence-corrected chi connectivity index (χ2v) is 5.12. The Hall–Kier alpha value is -2.58. The van der Waals surface area contributed by atoms with Gasteiger partial charge < -0.3 is 20.3 Å². The molecule has 0 atom stereocenters. The van der Waals surface area contributed by atoms with E-state index >= 15 is 0 Å². The molecule has 1 saturated heterocycles. The van der Waals surface area contributed by atoms with Crippen molar-refractivity contribution in [2.75, 3.05) is 24.5 Å². The van der Waals surface area contributed by atoms with Gasteiger partial charge in [0.15, 0.2) is 11.5 Å². The second-order valence-electron chi connectivity index (χ2n) is 5.12. The quantitative estimate of drug-likeness (QED) is 0.637. The molecule has 1 aliphatic heterocycles. The summed E-state index contributed by atoms with van der Waals surface area (Å²) in [6, 6.07) is 0. The fraction of sp³-hybridized carbons (Fsp3) is 0.500. The fourth-order valence-electron chi connectivity index (χ4n) is 2.66. The van der Waals surface area contributed by atoms with Gasteiger partial charge in [0.1, 0.15) is 11.8 Å². The number of imidazole rings is 1. The summed E-state index contributed by atoms with van der Waals surface area (Å²) >= 11 is 0. The molecule has 3 heterocycles. The number of hydrogen-bond acceptors (Lipinski definition) is 5. The minimum atomic E-state index is -0.986. The maximum absolute atomic E-state index is 11.4. The number of aromatic amines is 2. The third-order valence-corrected chi connectivity index (χ3v) is 3.75. The lowest BCUT2D eigenvalue weighted by atomic mass is 9.97. The number of nitrogens with zero attached hydrogens (tertiary/aromatic N) is 3. The highest BCUT2D eigenvalue weighted by Gasteiger charge is 2.22. The Kier molecular flexibility index (Phi) is 3.46. The van der Waals surface area contributed by atoms with Crippen LogP contribution in [0.2, 0.25) is 0 Å². The zero-order valence-corrected chi connectivity index (χ0v) is 11.3. The van der Waals surface area contributed by atoms with E-state index in [0.29, 0.717) is 29.4 Å². The first-order valence-electron chi connectivity index (χ1n) is 6.78. The van der Waals surface area contributed by atoms with Crippen molar-refractivity contribution in [3.05, 3.63) is 16.8 Å². The summed E-state index contributed by atoms with van der Waals surface area (Å²) < 4.78 is 0. The van der Waals surface area contributed by atoms with Crippen molar-refractivity contribution in [2.24, 2.45) is 5.92 Å².